The van der Waals surface area contributed by atoms with Crippen LogP contribution in [0.2, 0.25) is 0 Å². The molecule has 0 spiro atoms. The number of hydrogen-bond donors (Lipinski definition) is 2. The van der Waals surface area contributed by atoms with E-state index in [1.807, 2.05) is 30.3 Å². The molecule has 5 aromatic carbocycles. The average Bonchev–Trinajstić information content (AvgIpc) is 3.07. The van der Waals surface area contributed by atoms with Crippen LogP contribution in [-0.2, 0) is 0 Å². The summed E-state index contributed by atoms with van der Waals surface area (Å²) in [4.78, 5) is 0. The third kappa shape index (κ3) is 5.48. The summed E-state index contributed by atoms with van der Waals surface area (Å²) < 4.78 is 220. The van der Waals surface area contributed by atoms with Gasteiger partial charge in [0, 0.05) is 0 Å². The molecule has 2 nitrogen and oxygen atoms in total. The molecule has 0 aliphatic rings. The predicted octanol–water partition coefficient (Wildman–Crippen LogP) is 5.42. The van der Waals surface area contributed by atoms with Gasteiger partial charge < -0.3 is 10.8 Å². The summed E-state index contributed by atoms with van der Waals surface area (Å²) in [7, 11) is 0. The molecule has 0 atom stereocenters. The van der Waals surface area contributed by atoms with Crippen molar-refractivity contribution >= 4 is 33.7 Å². The Morgan fingerprint density at radius 3 is 0.833 bits per heavy atom. The minimum Gasteiger partial charge on any atom is -0.508 e. The van der Waals surface area contributed by atoms with Gasteiger partial charge in [0.2, 0.25) is 0 Å². The highest BCUT2D eigenvalue weighted by molar-refractivity contribution is 7.20. The summed E-state index contributed by atoms with van der Waals surface area (Å²) in [5, 5.41) is 9.59. The lowest BCUT2D eigenvalue weighted by Crippen LogP contribution is -2.79. The van der Waals surface area contributed by atoms with E-state index in [1.54, 1.807) is 0 Å². The number of quaternary nitrogens is 1. The molecule has 0 fully saturated rings. The molecule has 5 aromatic rings. The number of phenols is 1. The maximum absolute atomic E-state index is 15.4. The molecular weight excluding hydrogens is 686 g/mol. The first-order valence-electron chi connectivity index (χ1n) is 12.8. The monoisotopic (exact) mass is 699 g/mol. The van der Waals surface area contributed by atoms with Crippen LogP contribution in [0.5, 0.6) is 5.75 Å². The highest BCUT2D eigenvalue weighted by Crippen LogP contribution is 2.28. The Morgan fingerprint density at radius 1 is 0.354 bits per heavy atom. The summed E-state index contributed by atoms with van der Waals surface area (Å²) >= 11 is 0. The van der Waals surface area contributed by atoms with Crippen molar-refractivity contribution in [3.05, 3.63) is 142 Å². The Hall–Kier alpha value is -5.13. The van der Waals surface area contributed by atoms with E-state index in [9.17, 15) is 44.6 Å². The molecule has 5 rings (SSSR count). The van der Waals surface area contributed by atoms with Gasteiger partial charge in [-0.15, -0.1) is 16.4 Å². The molecule has 0 saturated carbocycles. The third-order valence-corrected chi connectivity index (χ3v) is 7.27. The smallest absolute Gasteiger partial charge is 0.200 e. The van der Waals surface area contributed by atoms with Gasteiger partial charge in [0.15, 0.2) is 52.4 Å². The second kappa shape index (κ2) is 13.2. The third-order valence-electron chi connectivity index (χ3n) is 7.27. The maximum atomic E-state index is 15.4. The van der Waals surface area contributed by atoms with Crippen LogP contribution in [0.25, 0.3) is 0 Å². The molecule has 0 aliphatic carbocycles. The Bertz CT molecular complexity index is 1800. The molecule has 0 aliphatic heterocycles. The van der Waals surface area contributed by atoms with Crippen molar-refractivity contribution in [2.24, 2.45) is 0 Å². The molecule has 0 bridgehead atoms. The highest BCUT2D eigenvalue weighted by atomic mass is 19.2. The zero-order valence-corrected chi connectivity index (χ0v) is 23.1. The summed E-state index contributed by atoms with van der Waals surface area (Å²) in [6.07, 6.45) is -5.84. The fourth-order valence-corrected chi connectivity index (χ4v) is 5.18. The van der Waals surface area contributed by atoms with Gasteiger partial charge in [0.1, 0.15) is 52.5 Å². The Morgan fingerprint density at radius 2 is 0.604 bits per heavy atom. The van der Waals surface area contributed by atoms with Crippen molar-refractivity contribution in [1.29, 1.82) is 0 Å². The first-order valence-corrected chi connectivity index (χ1v) is 12.8. The van der Waals surface area contributed by atoms with Crippen LogP contribution in [0.4, 0.5) is 71.5 Å². The van der Waals surface area contributed by atoms with Gasteiger partial charge in [0.25, 0.3) is 0 Å². The molecule has 0 saturated heterocycles. The van der Waals surface area contributed by atoms with Crippen LogP contribution < -0.4 is 27.6 Å². The summed E-state index contributed by atoms with van der Waals surface area (Å²) in [5.41, 5.74) is -5.01. The molecule has 0 radical (unpaired) electrons. The van der Waals surface area contributed by atoms with Gasteiger partial charge in [-0.2, -0.15) is 5.46 Å². The first kappa shape index (κ1) is 35.7. The first-order chi connectivity index (χ1) is 22.4. The quantitative estimate of drug-likeness (QED) is 0.112. The molecule has 18 heteroatoms. The maximum Gasteiger partial charge on any atom is 0.200 e. The predicted molar refractivity (Wildman–Crippen MR) is 140 cm³/mol. The van der Waals surface area contributed by atoms with Crippen molar-refractivity contribution in [3.8, 4) is 5.75 Å². The molecule has 0 heterocycles. The van der Waals surface area contributed by atoms with Gasteiger partial charge in [-0.1, -0.05) is 30.3 Å². The fraction of sp³-hybridized carbons (Fsp3) is 0. The Labute approximate surface area is 258 Å². The van der Waals surface area contributed by atoms with Gasteiger partial charge in [0.05, 0.1) is 0 Å². The van der Waals surface area contributed by atoms with E-state index in [0.717, 1.165) is 5.69 Å². The normalized spacial score (nSPS) is 11.4. The van der Waals surface area contributed by atoms with Crippen LogP contribution in [0, 0.1) is 87.3 Å². The summed E-state index contributed by atoms with van der Waals surface area (Å²) in [5.74, 6) is -47.1. The van der Waals surface area contributed by atoms with E-state index < -0.39 is 121 Å². The number of phenolic OH excluding ortho intramolecular Hbond substituents is 1. The molecule has 0 amide bonds. The highest BCUT2D eigenvalue weighted by Gasteiger charge is 2.48. The van der Waals surface area contributed by atoms with Gasteiger partial charge in [-0.05, 0) is 24.3 Å². The SMILES string of the molecule is Oc1ccc([B-](c2c(F)c(F)c(F)c(F)c2F)(c2c(F)c(F)c(F)c(F)c2F)c2c(F)c(F)c(F)c(F)c2F)cc1.[NH3+]c1ccccc1. The van der Waals surface area contributed by atoms with Gasteiger partial charge >= 0.3 is 0 Å². The Balaban J connectivity index is 0.000000659. The largest absolute Gasteiger partial charge is 0.508 e. The zero-order valence-electron chi connectivity index (χ0n) is 23.1. The minimum atomic E-state index is -5.84. The van der Waals surface area contributed by atoms with Crippen LogP contribution in [-0.4, -0.2) is 11.3 Å². The van der Waals surface area contributed by atoms with E-state index in [0.29, 0.717) is 12.1 Å². The van der Waals surface area contributed by atoms with E-state index in [2.05, 4.69) is 5.73 Å². The van der Waals surface area contributed by atoms with Gasteiger partial charge in [-0.25, -0.2) is 65.9 Å². The lowest BCUT2D eigenvalue weighted by molar-refractivity contribution is -0.254. The molecule has 0 unspecified atom stereocenters. The molecule has 48 heavy (non-hydrogen) atoms. The number of rotatable bonds is 4. The van der Waals surface area contributed by atoms with E-state index in [-0.39, 0.29) is 12.1 Å². The summed E-state index contributed by atoms with van der Waals surface area (Å²) in [6, 6.07) is 11.0. The number of benzene rings is 5. The van der Waals surface area contributed by atoms with Crippen LogP contribution in [0.1, 0.15) is 0 Å². The van der Waals surface area contributed by atoms with E-state index >= 15 is 26.3 Å². The lowest BCUT2D eigenvalue weighted by atomic mass is 9.12. The van der Waals surface area contributed by atoms with Crippen molar-refractivity contribution in [1.82, 2.24) is 0 Å². The van der Waals surface area contributed by atoms with Gasteiger partial charge in [-0.3, -0.25) is 0 Å². The molecule has 252 valence electrons. The zero-order chi connectivity index (χ0) is 36.0. The van der Waals surface area contributed by atoms with E-state index in [4.69, 9.17) is 0 Å². The molecule has 4 N–H and O–H groups in total. The topological polar surface area (TPSA) is 47.9 Å². The standard InChI is InChI=1S/C24H5BF15O.C6H7N/c26-10-7(11(27)17(33)22(38)16(10)32)25(5-1-3-6(41)4-2-5,8-12(28)18(34)23(39)19(35)13(8)29)9-14(30)20(36)24(40)21(37)15(9)31;7-6-4-2-1-3-5-6/h1-4,41H;1-5H,7H2/q-1;/p+1. The van der Waals surface area contributed by atoms with E-state index in [1.165, 1.54) is 0 Å². The second-order valence-corrected chi connectivity index (χ2v) is 9.89. The fourth-order valence-electron chi connectivity index (χ4n) is 5.18. The number of halogens is 15. The van der Waals surface area contributed by atoms with Crippen LogP contribution in [0.15, 0.2) is 54.6 Å². The van der Waals surface area contributed by atoms with Crippen LogP contribution >= 0.6 is 0 Å². The second-order valence-electron chi connectivity index (χ2n) is 9.89. The minimum absolute atomic E-state index is 0.184. The summed E-state index contributed by atoms with van der Waals surface area (Å²) in [6.45, 7) is 0. The molecule has 0 aromatic heterocycles. The average molecular weight is 699 g/mol. The molecular formula is C30H13BF15NO. The van der Waals surface area contributed by atoms with Crippen molar-refractivity contribution < 1.29 is 76.7 Å². The van der Waals surface area contributed by atoms with Crippen molar-refractivity contribution in [3.63, 3.8) is 0 Å². The number of aromatic hydroxyl groups is 1. The van der Waals surface area contributed by atoms with Crippen molar-refractivity contribution in [2.45, 2.75) is 0 Å². The number of hydrogen-bond acceptors (Lipinski definition) is 1. The Kier molecular flexibility index (Phi) is 9.80. The van der Waals surface area contributed by atoms with Crippen LogP contribution in [0.3, 0.4) is 0 Å². The lowest BCUT2D eigenvalue weighted by Gasteiger charge is -2.44. The van der Waals surface area contributed by atoms with Crippen molar-refractivity contribution in [2.75, 3.05) is 0 Å².